The topological polar surface area (TPSA) is 33.7 Å². The van der Waals surface area contributed by atoms with Crippen LogP contribution in [0.15, 0.2) is 24.3 Å². The lowest BCUT2D eigenvalue weighted by atomic mass is 10.2. The lowest BCUT2D eigenvalue weighted by molar-refractivity contribution is 0.0889. The minimum absolute atomic E-state index is 0.594. The van der Waals surface area contributed by atoms with Gasteiger partial charge in [0.1, 0.15) is 12.4 Å². The van der Waals surface area contributed by atoms with Crippen LogP contribution in [0.3, 0.4) is 0 Å². The fourth-order valence-corrected chi connectivity index (χ4v) is 1.52. The van der Waals surface area contributed by atoms with Gasteiger partial charge in [0, 0.05) is 13.1 Å². The smallest absolute Gasteiger partial charge is 0.119 e. The maximum atomic E-state index is 5.63. The van der Waals surface area contributed by atoms with Crippen LogP contribution in [0.2, 0.25) is 0 Å². The Kier molecular flexibility index (Phi) is 7.41. The standard InChI is InChI=1S/C14H24N2O2/c1-15-12-13-5-4-6-14(11-13)18-10-9-17-8-7-16(2)3/h4-6,11,15H,7-10,12H2,1-3H3. The van der Waals surface area contributed by atoms with Crippen LogP contribution in [0.1, 0.15) is 5.56 Å². The Morgan fingerprint density at radius 2 is 2.00 bits per heavy atom. The normalized spacial score (nSPS) is 10.9. The number of rotatable bonds is 9. The Hall–Kier alpha value is -1.10. The molecule has 0 atom stereocenters. The average Bonchev–Trinajstić information content (AvgIpc) is 2.34. The molecule has 0 amide bonds. The van der Waals surface area contributed by atoms with Gasteiger partial charge in [0.25, 0.3) is 0 Å². The van der Waals surface area contributed by atoms with Crippen molar-refractivity contribution >= 4 is 0 Å². The van der Waals surface area contributed by atoms with E-state index < -0.39 is 0 Å². The molecule has 0 aliphatic heterocycles. The number of nitrogens with zero attached hydrogens (tertiary/aromatic N) is 1. The van der Waals surface area contributed by atoms with Gasteiger partial charge in [-0.25, -0.2) is 0 Å². The van der Waals surface area contributed by atoms with Crippen molar-refractivity contribution in [1.82, 2.24) is 10.2 Å². The number of hydrogen-bond acceptors (Lipinski definition) is 4. The molecule has 0 aromatic heterocycles. The quantitative estimate of drug-likeness (QED) is 0.673. The Morgan fingerprint density at radius 3 is 2.72 bits per heavy atom. The SMILES string of the molecule is CNCc1cccc(OCCOCCN(C)C)c1. The van der Waals surface area contributed by atoms with Gasteiger partial charge in [-0.1, -0.05) is 12.1 Å². The zero-order chi connectivity index (χ0) is 13.2. The van der Waals surface area contributed by atoms with Crippen molar-refractivity contribution < 1.29 is 9.47 Å². The number of hydrogen-bond donors (Lipinski definition) is 1. The Balaban J connectivity index is 2.16. The van der Waals surface area contributed by atoms with Crippen LogP contribution in [-0.4, -0.2) is 52.4 Å². The Bertz CT molecular complexity index is 329. The monoisotopic (exact) mass is 252 g/mol. The average molecular weight is 252 g/mol. The first-order valence-corrected chi connectivity index (χ1v) is 6.31. The van der Waals surface area contributed by atoms with Crippen molar-refractivity contribution in [2.45, 2.75) is 6.54 Å². The van der Waals surface area contributed by atoms with Crippen LogP contribution >= 0.6 is 0 Å². The van der Waals surface area contributed by atoms with Gasteiger partial charge in [-0.2, -0.15) is 0 Å². The van der Waals surface area contributed by atoms with E-state index >= 15 is 0 Å². The summed E-state index contributed by atoms with van der Waals surface area (Å²) in [5.41, 5.74) is 1.23. The molecule has 1 N–H and O–H groups in total. The predicted octanol–water partition coefficient (Wildman–Crippen LogP) is 1.36. The van der Waals surface area contributed by atoms with Gasteiger partial charge in [0.2, 0.25) is 0 Å². The molecule has 18 heavy (non-hydrogen) atoms. The van der Waals surface area contributed by atoms with Crippen LogP contribution in [0.4, 0.5) is 0 Å². The van der Waals surface area contributed by atoms with Gasteiger partial charge < -0.3 is 19.7 Å². The summed E-state index contributed by atoms with van der Waals surface area (Å²) >= 11 is 0. The highest BCUT2D eigenvalue weighted by Gasteiger charge is 1.97. The zero-order valence-electron chi connectivity index (χ0n) is 11.6. The molecule has 0 saturated carbocycles. The molecular formula is C14H24N2O2. The van der Waals surface area contributed by atoms with Crippen LogP contribution in [0.25, 0.3) is 0 Å². The molecule has 0 saturated heterocycles. The van der Waals surface area contributed by atoms with Gasteiger partial charge in [-0.15, -0.1) is 0 Å². The van der Waals surface area contributed by atoms with Gasteiger partial charge in [0.05, 0.1) is 13.2 Å². The van der Waals surface area contributed by atoms with Gasteiger partial charge in [-0.05, 0) is 38.8 Å². The molecule has 1 rings (SSSR count). The maximum absolute atomic E-state index is 5.63. The summed E-state index contributed by atoms with van der Waals surface area (Å²) in [6.45, 7) is 3.77. The van der Waals surface area contributed by atoms with Crippen molar-refractivity contribution in [2.24, 2.45) is 0 Å². The molecule has 0 aliphatic carbocycles. The molecule has 4 nitrogen and oxygen atoms in total. The molecule has 0 aliphatic rings. The number of nitrogens with one attached hydrogen (secondary N) is 1. The Labute approximate surface area is 110 Å². The molecule has 1 aromatic rings. The molecule has 0 fully saturated rings. The lowest BCUT2D eigenvalue weighted by Crippen LogP contribution is -2.19. The largest absolute Gasteiger partial charge is 0.491 e. The predicted molar refractivity (Wildman–Crippen MR) is 74.1 cm³/mol. The third-order valence-corrected chi connectivity index (χ3v) is 2.46. The van der Waals surface area contributed by atoms with E-state index in [1.807, 2.05) is 33.3 Å². The molecular weight excluding hydrogens is 228 g/mol. The third kappa shape index (κ3) is 6.59. The molecule has 102 valence electrons. The Morgan fingerprint density at radius 1 is 1.17 bits per heavy atom. The van der Waals surface area contributed by atoms with E-state index in [4.69, 9.17) is 9.47 Å². The first-order chi connectivity index (χ1) is 8.72. The summed E-state index contributed by atoms with van der Waals surface area (Å²) in [5.74, 6) is 0.902. The molecule has 0 radical (unpaired) electrons. The van der Waals surface area contributed by atoms with Crippen LogP contribution in [-0.2, 0) is 11.3 Å². The summed E-state index contributed by atoms with van der Waals surface area (Å²) in [7, 11) is 6.01. The van der Waals surface area contributed by atoms with Gasteiger partial charge in [-0.3, -0.25) is 0 Å². The number of ether oxygens (including phenoxy) is 2. The van der Waals surface area contributed by atoms with Gasteiger partial charge >= 0.3 is 0 Å². The van der Waals surface area contributed by atoms with Crippen molar-refractivity contribution in [1.29, 1.82) is 0 Å². The second-order valence-electron chi connectivity index (χ2n) is 4.44. The van der Waals surface area contributed by atoms with Crippen molar-refractivity contribution in [2.75, 3.05) is 47.5 Å². The van der Waals surface area contributed by atoms with Crippen molar-refractivity contribution in [3.05, 3.63) is 29.8 Å². The molecule has 1 aromatic carbocycles. The van der Waals surface area contributed by atoms with E-state index in [0.717, 1.165) is 25.4 Å². The zero-order valence-corrected chi connectivity index (χ0v) is 11.6. The molecule has 0 unspecified atom stereocenters. The summed E-state index contributed by atoms with van der Waals surface area (Å²) < 4.78 is 11.1. The molecule has 0 spiro atoms. The van der Waals surface area contributed by atoms with E-state index in [-0.39, 0.29) is 0 Å². The van der Waals surface area contributed by atoms with E-state index in [2.05, 4.69) is 22.3 Å². The summed E-state index contributed by atoms with van der Waals surface area (Å²) in [5, 5.41) is 3.12. The van der Waals surface area contributed by atoms with E-state index in [0.29, 0.717) is 13.2 Å². The molecule has 0 bridgehead atoms. The highest BCUT2D eigenvalue weighted by atomic mass is 16.5. The lowest BCUT2D eigenvalue weighted by Gasteiger charge is -2.11. The second-order valence-corrected chi connectivity index (χ2v) is 4.44. The number of benzene rings is 1. The third-order valence-electron chi connectivity index (χ3n) is 2.46. The first kappa shape index (κ1) is 15.0. The molecule has 0 heterocycles. The second kappa shape index (κ2) is 8.91. The summed E-state index contributed by atoms with van der Waals surface area (Å²) in [6, 6.07) is 8.11. The van der Waals surface area contributed by atoms with E-state index in [1.165, 1.54) is 5.56 Å². The summed E-state index contributed by atoms with van der Waals surface area (Å²) in [6.07, 6.45) is 0. The fourth-order valence-electron chi connectivity index (χ4n) is 1.52. The first-order valence-electron chi connectivity index (χ1n) is 6.31. The van der Waals surface area contributed by atoms with Crippen LogP contribution < -0.4 is 10.1 Å². The van der Waals surface area contributed by atoms with Gasteiger partial charge in [0.15, 0.2) is 0 Å². The summed E-state index contributed by atoms with van der Waals surface area (Å²) in [4.78, 5) is 2.10. The van der Waals surface area contributed by atoms with E-state index in [9.17, 15) is 0 Å². The number of likely N-dealkylation sites (N-methyl/N-ethyl adjacent to an activating group) is 1. The van der Waals surface area contributed by atoms with Crippen LogP contribution in [0.5, 0.6) is 5.75 Å². The highest BCUT2D eigenvalue weighted by molar-refractivity contribution is 5.28. The minimum atomic E-state index is 0.594. The van der Waals surface area contributed by atoms with E-state index in [1.54, 1.807) is 0 Å². The van der Waals surface area contributed by atoms with Crippen molar-refractivity contribution in [3.8, 4) is 5.75 Å². The fraction of sp³-hybridized carbons (Fsp3) is 0.571. The van der Waals surface area contributed by atoms with Crippen LogP contribution in [0, 0.1) is 0 Å². The molecule has 4 heteroatoms. The minimum Gasteiger partial charge on any atom is -0.491 e. The maximum Gasteiger partial charge on any atom is 0.119 e. The van der Waals surface area contributed by atoms with Crippen molar-refractivity contribution in [3.63, 3.8) is 0 Å². The highest BCUT2D eigenvalue weighted by Crippen LogP contribution is 2.12.